The third-order valence-corrected chi connectivity index (χ3v) is 2.64. The fourth-order valence-electron chi connectivity index (χ4n) is 1.60. The highest BCUT2D eigenvalue weighted by Crippen LogP contribution is 2.19. The largest absolute Gasteiger partial charge is 0.332 e. The van der Waals surface area contributed by atoms with E-state index < -0.39 is 0 Å². The van der Waals surface area contributed by atoms with Gasteiger partial charge in [0.25, 0.3) is 5.89 Å². The van der Waals surface area contributed by atoms with Gasteiger partial charge >= 0.3 is 0 Å². The molecule has 0 atom stereocenters. The van der Waals surface area contributed by atoms with Crippen molar-refractivity contribution in [1.29, 1.82) is 0 Å². The highest BCUT2D eigenvalue weighted by Gasteiger charge is 2.09. The number of nitrogens with zero attached hydrogens (tertiary/aromatic N) is 3. The van der Waals surface area contributed by atoms with Crippen molar-refractivity contribution in [3.05, 3.63) is 42.2 Å². The molecule has 0 N–H and O–H groups in total. The van der Waals surface area contributed by atoms with Crippen molar-refractivity contribution >= 4 is 22.5 Å². The highest BCUT2D eigenvalue weighted by molar-refractivity contribution is 6.16. The van der Waals surface area contributed by atoms with Crippen LogP contribution in [-0.2, 0) is 5.88 Å². The summed E-state index contributed by atoms with van der Waals surface area (Å²) in [7, 11) is 0. The van der Waals surface area contributed by atoms with Crippen LogP contribution in [0.15, 0.2) is 40.9 Å². The molecule has 0 radical (unpaired) electrons. The summed E-state index contributed by atoms with van der Waals surface area (Å²) in [5.41, 5.74) is 1.56. The Bertz CT molecular complexity index is 665. The van der Waals surface area contributed by atoms with E-state index in [4.69, 9.17) is 16.1 Å². The summed E-state index contributed by atoms with van der Waals surface area (Å²) < 4.78 is 5.08. The van der Waals surface area contributed by atoms with E-state index in [-0.39, 0.29) is 5.88 Å². The summed E-state index contributed by atoms with van der Waals surface area (Å²) >= 11 is 5.62. The predicted molar refractivity (Wildman–Crippen MR) is 64.6 cm³/mol. The lowest BCUT2D eigenvalue weighted by Crippen LogP contribution is -1.86. The van der Waals surface area contributed by atoms with Crippen molar-refractivity contribution in [2.24, 2.45) is 0 Å². The lowest BCUT2D eigenvalue weighted by atomic mass is 10.2. The van der Waals surface area contributed by atoms with Crippen LogP contribution < -0.4 is 0 Å². The standard InChI is InChI=1S/C12H8ClN3O/c13-7-11-15-12(17-16-11)10-6-5-8-3-1-2-4-9(8)14-10/h1-6H,7H2. The zero-order valence-corrected chi connectivity index (χ0v) is 9.55. The SMILES string of the molecule is ClCc1noc(-c2ccc3ccccc3n2)n1. The molecule has 17 heavy (non-hydrogen) atoms. The molecule has 3 aromatic rings. The highest BCUT2D eigenvalue weighted by atomic mass is 35.5. The van der Waals surface area contributed by atoms with E-state index in [2.05, 4.69) is 15.1 Å². The first-order valence-electron chi connectivity index (χ1n) is 5.11. The molecule has 0 fully saturated rings. The maximum Gasteiger partial charge on any atom is 0.276 e. The van der Waals surface area contributed by atoms with Crippen molar-refractivity contribution < 1.29 is 4.52 Å². The smallest absolute Gasteiger partial charge is 0.276 e. The Morgan fingerprint density at radius 3 is 2.76 bits per heavy atom. The summed E-state index contributed by atoms with van der Waals surface area (Å²) in [6, 6.07) is 11.7. The fourth-order valence-corrected chi connectivity index (χ4v) is 1.71. The van der Waals surface area contributed by atoms with Gasteiger partial charge in [-0.15, -0.1) is 11.6 Å². The van der Waals surface area contributed by atoms with Crippen LogP contribution >= 0.6 is 11.6 Å². The Labute approximate surface area is 102 Å². The van der Waals surface area contributed by atoms with Crippen LogP contribution in [0.1, 0.15) is 5.82 Å². The lowest BCUT2D eigenvalue weighted by molar-refractivity contribution is 0.424. The quantitative estimate of drug-likeness (QED) is 0.651. The molecule has 2 aromatic heterocycles. The fraction of sp³-hybridized carbons (Fsp3) is 0.0833. The van der Waals surface area contributed by atoms with Gasteiger partial charge in [0.2, 0.25) is 0 Å². The number of alkyl halides is 1. The van der Waals surface area contributed by atoms with Crippen molar-refractivity contribution in [1.82, 2.24) is 15.1 Å². The van der Waals surface area contributed by atoms with Gasteiger partial charge in [0.05, 0.1) is 11.4 Å². The molecule has 0 unspecified atom stereocenters. The summed E-state index contributed by atoms with van der Waals surface area (Å²) in [6.45, 7) is 0. The maximum atomic E-state index is 5.62. The summed E-state index contributed by atoms with van der Waals surface area (Å²) in [5, 5.41) is 4.81. The van der Waals surface area contributed by atoms with Gasteiger partial charge in [0.15, 0.2) is 5.82 Å². The number of pyridine rings is 1. The number of aromatic nitrogens is 3. The summed E-state index contributed by atoms with van der Waals surface area (Å²) in [6.07, 6.45) is 0. The van der Waals surface area contributed by atoms with Crippen LogP contribution in [0.2, 0.25) is 0 Å². The zero-order valence-electron chi connectivity index (χ0n) is 8.80. The average molecular weight is 246 g/mol. The molecule has 2 heterocycles. The first-order chi connectivity index (χ1) is 8.36. The molecule has 0 aliphatic heterocycles. The van der Waals surface area contributed by atoms with Crippen LogP contribution in [0.5, 0.6) is 0 Å². The Kier molecular flexibility index (Phi) is 2.49. The second kappa shape index (κ2) is 4.14. The normalized spacial score (nSPS) is 10.9. The Morgan fingerprint density at radius 2 is 1.94 bits per heavy atom. The molecule has 0 spiro atoms. The molecular weight excluding hydrogens is 238 g/mol. The third kappa shape index (κ3) is 1.87. The number of para-hydroxylation sites is 1. The van der Waals surface area contributed by atoms with E-state index in [9.17, 15) is 0 Å². The van der Waals surface area contributed by atoms with E-state index in [1.54, 1.807) is 0 Å². The number of hydrogen-bond acceptors (Lipinski definition) is 4. The van der Waals surface area contributed by atoms with Gasteiger partial charge in [-0.3, -0.25) is 0 Å². The molecule has 0 aliphatic carbocycles. The van der Waals surface area contributed by atoms with Crippen LogP contribution in [0.4, 0.5) is 0 Å². The molecule has 0 aliphatic rings. The van der Waals surface area contributed by atoms with Crippen molar-refractivity contribution in [2.75, 3.05) is 0 Å². The molecule has 5 heteroatoms. The van der Waals surface area contributed by atoms with E-state index in [0.717, 1.165) is 10.9 Å². The number of benzene rings is 1. The minimum atomic E-state index is 0.233. The second-order valence-electron chi connectivity index (χ2n) is 3.54. The van der Waals surface area contributed by atoms with E-state index in [1.165, 1.54) is 0 Å². The van der Waals surface area contributed by atoms with Gasteiger partial charge in [-0.25, -0.2) is 4.98 Å². The van der Waals surface area contributed by atoms with Crippen molar-refractivity contribution in [3.63, 3.8) is 0 Å². The zero-order chi connectivity index (χ0) is 11.7. The molecular formula is C12H8ClN3O. The average Bonchev–Trinajstić information content (AvgIpc) is 2.87. The van der Waals surface area contributed by atoms with Gasteiger partial charge in [-0.2, -0.15) is 4.98 Å². The molecule has 4 nitrogen and oxygen atoms in total. The molecule has 1 aromatic carbocycles. The number of rotatable bonds is 2. The first-order valence-corrected chi connectivity index (χ1v) is 5.65. The van der Waals surface area contributed by atoms with E-state index in [0.29, 0.717) is 17.4 Å². The van der Waals surface area contributed by atoms with Crippen LogP contribution in [0, 0.1) is 0 Å². The van der Waals surface area contributed by atoms with Gasteiger partial charge in [-0.1, -0.05) is 29.4 Å². The summed E-state index contributed by atoms with van der Waals surface area (Å²) in [5.74, 6) is 1.10. The minimum absolute atomic E-state index is 0.233. The second-order valence-corrected chi connectivity index (χ2v) is 3.81. The predicted octanol–water partition coefficient (Wildman–Crippen LogP) is 3.02. The van der Waals surface area contributed by atoms with Crippen molar-refractivity contribution in [3.8, 4) is 11.6 Å². The van der Waals surface area contributed by atoms with E-state index >= 15 is 0 Å². The lowest BCUT2D eigenvalue weighted by Gasteiger charge is -1.97. The monoisotopic (exact) mass is 245 g/mol. The van der Waals surface area contributed by atoms with Gasteiger partial charge in [0.1, 0.15) is 5.69 Å². The molecule has 0 saturated heterocycles. The number of fused-ring (bicyclic) bond motifs is 1. The number of halogens is 1. The molecule has 0 saturated carbocycles. The van der Waals surface area contributed by atoms with E-state index in [1.807, 2.05) is 36.4 Å². The minimum Gasteiger partial charge on any atom is -0.332 e. The van der Waals surface area contributed by atoms with Crippen LogP contribution in [0.25, 0.3) is 22.5 Å². The van der Waals surface area contributed by atoms with Crippen LogP contribution in [-0.4, -0.2) is 15.1 Å². The summed E-state index contributed by atoms with van der Waals surface area (Å²) in [4.78, 5) is 8.59. The van der Waals surface area contributed by atoms with Gasteiger partial charge in [-0.05, 0) is 12.1 Å². The Hall–Kier alpha value is -1.94. The van der Waals surface area contributed by atoms with Crippen LogP contribution in [0.3, 0.4) is 0 Å². The topological polar surface area (TPSA) is 51.8 Å². The molecule has 3 rings (SSSR count). The Morgan fingerprint density at radius 1 is 1.06 bits per heavy atom. The van der Waals surface area contributed by atoms with Gasteiger partial charge < -0.3 is 4.52 Å². The number of hydrogen-bond donors (Lipinski definition) is 0. The van der Waals surface area contributed by atoms with Crippen molar-refractivity contribution in [2.45, 2.75) is 5.88 Å². The first kappa shape index (κ1) is 10.2. The molecule has 0 amide bonds. The molecule has 0 bridgehead atoms. The third-order valence-electron chi connectivity index (χ3n) is 2.41. The Balaban J connectivity index is 2.11. The maximum absolute atomic E-state index is 5.62. The molecule has 84 valence electrons. The van der Waals surface area contributed by atoms with Gasteiger partial charge in [0, 0.05) is 5.39 Å².